The van der Waals surface area contributed by atoms with Crippen molar-refractivity contribution in [2.75, 3.05) is 26.2 Å². The van der Waals surface area contributed by atoms with Crippen molar-refractivity contribution in [3.63, 3.8) is 0 Å². The molecule has 0 saturated carbocycles. The quantitative estimate of drug-likeness (QED) is 0.652. The fourth-order valence-electron chi connectivity index (χ4n) is 2.13. The summed E-state index contributed by atoms with van der Waals surface area (Å²) >= 11 is 0. The molecular formula is C14H26N4O4. The normalized spacial score (nSPS) is 16.0. The summed E-state index contributed by atoms with van der Waals surface area (Å²) in [6, 6.07) is -0.200. The van der Waals surface area contributed by atoms with E-state index in [4.69, 9.17) is 10.5 Å². The lowest BCUT2D eigenvalue weighted by Crippen LogP contribution is -2.47. The van der Waals surface area contributed by atoms with Gasteiger partial charge < -0.3 is 26.0 Å². The second-order valence-electron chi connectivity index (χ2n) is 6.32. The zero-order chi connectivity index (χ0) is 16.8. The number of nitrogens with one attached hydrogen (secondary N) is 2. The molecule has 0 unspecified atom stereocenters. The minimum Gasteiger partial charge on any atom is -0.444 e. The van der Waals surface area contributed by atoms with E-state index in [1.165, 1.54) is 0 Å². The van der Waals surface area contributed by atoms with Gasteiger partial charge in [-0.1, -0.05) is 0 Å². The van der Waals surface area contributed by atoms with Gasteiger partial charge in [0.25, 0.3) is 0 Å². The van der Waals surface area contributed by atoms with Gasteiger partial charge in [-0.05, 0) is 33.6 Å². The van der Waals surface area contributed by atoms with Crippen LogP contribution in [0.1, 0.15) is 33.6 Å². The lowest BCUT2D eigenvalue weighted by atomic mass is 9.96. The third-order valence-corrected chi connectivity index (χ3v) is 3.25. The van der Waals surface area contributed by atoms with Crippen LogP contribution in [-0.4, -0.2) is 54.7 Å². The molecule has 1 aliphatic heterocycles. The Hall–Kier alpha value is -1.99. The van der Waals surface area contributed by atoms with Gasteiger partial charge in [-0.25, -0.2) is 9.59 Å². The SMILES string of the molecule is CC(C)(C)OC(=O)NCCNC(=O)N1CCC(C(N)=O)CC1. The van der Waals surface area contributed by atoms with Crippen molar-refractivity contribution in [1.82, 2.24) is 15.5 Å². The number of nitrogens with zero attached hydrogens (tertiary/aromatic N) is 1. The Labute approximate surface area is 130 Å². The third-order valence-electron chi connectivity index (χ3n) is 3.25. The average Bonchev–Trinajstić information content (AvgIpc) is 2.41. The van der Waals surface area contributed by atoms with E-state index >= 15 is 0 Å². The van der Waals surface area contributed by atoms with E-state index in [0.717, 1.165) is 0 Å². The number of carbonyl (C=O) groups excluding carboxylic acids is 3. The van der Waals surface area contributed by atoms with Gasteiger partial charge in [-0.3, -0.25) is 4.79 Å². The number of likely N-dealkylation sites (tertiary alicyclic amines) is 1. The number of carbonyl (C=O) groups is 3. The summed E-state index contributed by atoms with van der Waals surface area (Å²) in [7, 11) is 0. The Kier molecular flexibility index (Phi) is 6.45. The summed E-state index contributed by atoms with van der Waals surface area (Å²) in [4.78, 5) is 36.0. The summed E-state index contributed by atoms with van der Waals surface area (Å²) < 4.78 is 5.08. The van der Waals surface area contributed by atoms with Crippen LogP contribution in [0.3, 0.4) is 0 Å². The summed E-state index contributed by atoms with van der Waals surface area (Å²) in [6.07, 6.45) is 0.682. The molecule has 0 aromatic rings. The maximum Gasteiger partial charge on any atom is 0.407 e. The highest BCUT2D eigenvalue weighted by atomic mass is 16.6. The van der Waals surface area contributed by atoms with Crippen LogP contribution >= 0.6 is 0 Å². The molecule has 8 nitrogen and oxygen atoms in total. The number of nitrogens with two attached hydrogens (primary N) is 1. The molecule has 0 spiro atoms. The minimum absolute atomic E-state index is 0.141. The van der Waals surface area contributed by atoms with Crippen LogP contribution in [0.4, 0.5) is 9.59 Å². The van der Waals surface area contributed by atoms with Crippen LogP contribution in [0.25, 0.3) is 0 Å². The molecule has 0 aliphatic carbocycles. The molecule has 0 atom stereocenters. The van der Waals surface area contributed by atoms with Crippen LogP contribution in [0.5, 0.6) is 0 Å². The number of ether oxygens (including phenoxy) is 1. The Morgan fingerprint density at radius 1 is 1.14 bits per heavy atom. The second-order valence-corrected chi connectivity index (χ2v) is 6.32. The van der Waals surface area contributed by atoms with Gasteiger partial charge in [-0.15, -0.1) is 0 Å². The highest BCUT2D eigenvalue weighted by Gasteiger charge is 2.25. The molecule has 0 aromatic carbocycles. The molecule has 1 fully saturated rings. The van der Waals surface area contributed by atoms with E-state index in [1.54, 1.807) is 25.7 Å². The summed E-state index contributed by atoms with van der Waals surface area (Å²) in [5.41, 5.74) is 4.71. The number of alkyl carbamates (subject to hydrolysis) is 1. The van der Waals surface area contributed by atoms with Gasteiger partial charge in [0.05, 0.1) is 0 Å². The minimum atomic E-state index is -0.544. The van der Waals surface area contributed by atoms with Gasteiger partial charge in [0.15, 0.2) is 0 Å². The highest BCUT2D eigenvalue weighted by molar-refractivity contribution is 5.78. The number of amides is 4. The zero-order valence-electron chi connectivity index (χ0n) is 13.5. The molecule has 8 heteroatoms. The van der Waals surface area contributed by atoms with E-state index in [9.17, 15) is 14.4 Å². The molecule has 1 rings (SSSR count). The largest absolute Gasteiger partial charge is 0.444 e. The van der Waals surface area contributed by atoms with E-state index in [0.29, 0.717) is 39.0 Å². The molecule has 0 aromatic heterocycles. The average molecular weight is 314 g/mol. The molecule has 1 heterocycles. The van der Waals surface area contributed by atoms with Crippen molar-refractivity contribution in [1.29, 1.82) is 0 Å². The Balaban J connectivity index is 2.17. The van der Waals surface area contributed by atoms with Crippen molar-refractivity contribution in [3.8, 4) is 0 Å². The number of piperidine rings is 1. The van der Waals surface area contributed by atoms with E-state index in [1.807, 2.05) is 0 Å². The Bertz CT molecular complexity index is 412. The third kappa shape index (κ3) is 6.64. The van der Waals surface area contributed by atoms with Crippen molar-refractivity contribution in [2.24, 2.45) is 11.7 Å². The first-order valence-electron chi connectivity index (χ1n) is 7.48. The van der Waals surface area contributed by atoms with Crippen LogP contribution in [0.15, 0.2) is 0 Å². The summed E-state index contributed by atoms with van der Waals surface area (Å²) in [6.45, 7) is 6.97. The second kappa shape index (κ2) is 7.86. The lowest BCUT2D eigenvalue weighted by molar-refractivity contribution is -0.123. The predicted molar refractivity (Wildman–Crippen MR) is 81.1 cm³/mol. The van der Waals surface area contributed by atoms with Crippen LogP contribution < -0.4 is 16.4 Å². The molecule has 4 amide bonds. The summed E-state index contributed by atoms with van der Waals surface area (Å²) in [5.74, 6) is -0.445. The Morgan fingerprint density at radius 2 is 1.68 bits per heavy atom. The van der Waals surface area contributed by atoms with E-state index in [2.05, 4.69) is 10.6 Å². The highest BCUT2D eigenvalue weighted by Crippen LogP contribution is 2.16. The monoisotopic (exact) mass is 314 g/mol. The molecule has 0 bridgehead atoms. The van der Waals surface area contributed by atoms with Gasteiger partial charge >= 0.3 is 12.1 Å². The molecule has 22 heavy (non-hydrogen) atoms. The lowest BCUT2D eigenvalue weighted by Gasteiger charge is -2.30. The van der Waals surface area contributed by atoms with E-state index < -0.39 is 11.7 Å². The fourth-order valence-corrected chi connectivity index (χ4v) is 2.13. The first-order chi connectivity index (χ1) is 10.2. The van der Waals surface area contributed by atoms with Crippen LogP contribution in [0.2, 0.25) is 0 Å². The first kappa shape index (κ1) is 18.1. The number of urea groups is 1. The topological polar surface area (TPSA) is 114 Å². The number of rotatable bonds is 4. The fraction of sp³-hybridized carbons (Fsp3) is 0.786. The van der Waals surface area contributed by atoms with Gasteiger partial charge in [0, 0.05) is 32.1 Å². The molecule has 0 radical (unpaired) electrons. The molecule has 4 N–H and O–H groups in total. The Morgan fingerprint density at radius 3 is 2.18 bits per heavy atom. The van der Waals surface area contributed by atoms with Crippen LogP contribution in [-0.2, 0) is 9.53 Å². The smallest absolute Gasteiger partial charge is 0.407 e. The van der Waals surface area contributed by atoms with Crippen molar-refractivity contribution in [3.05, 3.63) is 0 Å². The molecule has 126 valence electrons. The van der Waals surface area contributed by atoms with Gasteiger partial charge in [0.1, 0.15) is 5.60 Å². The maximum absolute atomic E-state index is 11.9. The zero-order valence-corrected chi connectivity index (χ0v) is 13.5. The predicted octanol–water partition coefficient (Wildman–Crippen LogP) is 0.418. The van der Waals surface area contributed by atoms with Gasteiger partial charge in [0.2, 0.25) is 5.91 Å². The standard InChI is InChI=1S/C14H26N4O4/c1-14(2,3)22-13(21)17-7-6-16-12(20)18-8-4-10(5-9-18)11(15)19/h10H,4-9H2,1-3H3,(H2,15,19)(H,16,20)(H,17,21). The molecule has 1 saturated heterocycles. The van der Waals surface area contributed by atoms with E-state index in [-0.39, 0.29) is 17.9 Å². The summed E-state index contributed by atoms with van der Waals surface area (Å²) in [5, 5.41) is 5.28. The number of hydrogen-bond acceptors (Lipinski definition) is 4. The molecule has 1 aliphatic rings. The number of hydrogen-bond donors (Lipinski definition) is 3. The van der Waals surface area contributed by atoms with Crippen molar-refractivity contribution < 1.29 is 19.1 Å². The van der Waals surface area contributed by atoms with Crippen LogP contribution in [0, 0.1) is 5.92 Å². The van der Waals surface area contributed by atoms with Crippen molar-refractivity contribution in [2.45, 2.75) is 39.2 Å². The van der Waals surface area contributed by atoms with Gasteiger partial charge in [-0.2, -0.15) is 0 Å². The molecular weight excluding hydrogens is 288 g/mol. The maximum atomic E-state index is 11.9. The number of primary amides is 1. The first-order valence-corrected chi connectivity index (χ1v) is 7.48. The van der Waals surface area contributed by atoms with Crippen molar-refractivity contribution >= 4 is 18.0 Å².